The lowest BCUT2D eigenvalue weighted by Crippen LogP contribution is -2.59. The molecule has 0 bridgehead atoms. The van der Waals surface area contributed by atoms with Gasteiger partial charge < -0.3 is 15.0 Å². The van der Waals surface area contributed by atoms with Gasteiger partial charge in [0.25, 0.3) is 0 Å². The first-order valence-electron chi connectivity index (χ1n) is 7.21. The molecule has 4 nitrogen and oxygen atoms in total. The number of piperazine rings is 1. The molecule has 0 aromatic heterocycles. The van der Waals surface area contributed by atoms with Crippen LogP contribution in [0.3, 0.4) is 0 Å². The lowest BCUT2D eigenvalue weighted by molar-refractivity contribution is 0.00816. The summed E-state index contributed by atoms with van der Waals surface area (Å²) in [5, 5.41) is 3.70. The van der Waals surface area contributed by atoms with E-state index in [9.17, 15) is 0 Å². The number of hydrogen-bond donors (Lipinski definition) is 1. The molecule has 1 aliphatic carbocycles. The van der Waals surface area contributed by atoms with Crippen LogP contribution in [0.25, 0.3) is 0 Å². The molecule has 2 rings (SSSR count). The predicted octanol–water partition coefficient (Wildman–Crippen LogP) is 0.779. The number of nitrogens with one attached hydrogen (secondary N) is 1. The van der Waals surface area contributed by atoms with Crippen molar-refractivity contribution in [1.29, 1.82) is 0 Å². The number of rotatable bonds is 5. The molecule has 1 heterocycles. The Kier molecular flexibility index (Phi) is 4.64. The van der Waals surface area contributed by atoms with E-state index in [1.165, 1.54) is 39.0 Å². The molecule has 0 amide bonds. The summed E-state index contributed by atoms with van der Waals surface area (Å²) in [5.74, 6) is 0. The number of nitrogens with zero attached hydrogens (tertiary/aromatic N) is 2. The van der Waals surface area contributed by atoms with Gasteiger partial charge in [-0.05, 0) is 33.7 Å². The van der Waals surface area contributed by atoms with Crippen molar-refractivity contribution in [1.82, 2.24) is 15.1 Å². The van der Waals surface area contributed by atoms with E-state index in [-0.39, 0.29) is 5.54 Å². The molecule has 1 aliphatic heterocycles. The summed E-state index contributed by atoms with van der Waals surface area (Å²) in [4.78, 5) is 5.03. The van der Waals surface area contributed by atoms with E-state index in [0.717, 1.165) is 6.54 Å². The second-order valence-corrected chi connectivity index (χ2v) is 6.51. The van der Waals surface area contributed by atoms with Crippen molar-refractivity contribution in [2.45, 2.75) is 44.4 Å². The van der Waals surface area contributed by atoms with Gasteiger partial charge in [0.15, 0.2) is 0 Å². The summed E-state index contributed by atoms with van der Waals surface area (Å²) in [6.45, 7) is 10.6. The lowest BCUT2D eigenvalue weighted by Gasteiger charge is -2.45. The summed E-state index contributed by atoms with van der Waals surface area (Å²) in [5.41, 5.74) is 0.263. The summed E-state index contributed by atoms with van der Waals surface area (Å²) in [6, 6.07) is 0.668. The van der Waals surface area contributed by atoms with Crippen LogP contribution >= 0.6 is 0 Å². The molecule has 1 saturated carbocycles. The van der Waals surface area contributed by atoms with Gasteiger partial charge in [0.1, 0.15) is 0 Å². The Labute approximate surface area is 112 Å². The monoisotopic (exact) mass is 255 g/mol. The average Bonchev–Trinajstić information content (AvgIpc) is 2.28. The number of hydrogen-bond acceptors (Lipinski definition) is 4. The molecule has 0 atom stereocenters. The van der Waals surface area contributed by atoms with E-state index < -0.39 is 0 Å². The second-order valence-electron chi connectivity index (χ2n) is 6.51. The van der Waals surface area contributed by atoms with Gasteiger partial charge in [0.05, 0.1) is 6.10 Å². The Morgan fingerprint density at radius 1 is 1.17 bits per heavy atom. The van der Waals surface area contributed by atoms with Crippen LogP contribution in [0.5, 0.6) is 0 Å². The fraction of sp³-hybridized carbons (Fsp3) is 1.00. The Morgan fingerprint density at radius 3 is 2.33 bits per heavy atom. The van der Waals surface area contributed by atoms with Crippen LogP contribution in [0.15, 0.2) is 0 Å². The maximum absolute atomic E-state index is 5.32. The standard InChI is InChI=1S/C14H29N3O/c1-14(2,17-7-5-16(3)6-8-17)11-15-12-9-13(10-12)18-4/h12-13,15H,5-11H2,1-4H3. The van der Waals surface area contributed by atoms with Crippen LogP contribution in [-0.2, 0) is 4.74 Å². The first kappa shape index (κ1) is 14.3. The fourth-order valence-corrected chi connectivity index (χ4v) is 2.84. The zero-order valence-corrected chi connectivity index (χ0v) is 12.4. The third-order valence-electron chi connectivity index (χ3n) is 4.61. The van der Waals surface area contributed by atoms with Gasteiger partial charge in [0.2, 0.25) is 0 Å². The molecule has 0 radical (unpaired) electrons. The number of methoxy groups -OCH3 is 1. The largest absolute Gasteiger partial charge is 0.381 e. The first-order valence-corrected chi connectivity index (χ1v) is 7.21. The third-order valence-corrected chi connectivity index (χ3v) is 4.61. The normalized spacial score (nSPS) is 31.3. The van der Waals surface area contributed by atoms with Crippen molar-refractivity contribution in [2.24, 2.45) is 0 Å². The van der Waals surface area contributed by atoms with Gasteiger partial charge in [0, 0.05) is 51.4 Å². The highest BCUT2D eigenvalue weighted by molar-refractivity contribution is 4.92. The Bertz CT molecular complexity index is 256. The maximum atomic E-state index is 5.32. The molecule has 18 heavy (non-hydrogen) atoms. The van der Waals surface area contributed by atoms with E-state index in [1.807, 2.05) is 7.11 Å². The number of ether oxygens (including phenoxy) is 1. The van der Waals surface area contributed by atoms with Crippen molar-refractivity contribution >= 4 is 0 Å². The molecule has 106 valence electrons. The van der Waals surface area contributed by atoms with Gasteiger partial charge in [-0.15, -0.1) is 0 Å². The molecule has 4 heteroatoms. The zero-order valence-electron chi connectivity index (χ0n) is 12.4. The third kappa shape index (κ3) is 3.44. The van der Waals surface area contributed by atoms with E-state index in [1.54, 1.807) is 0 Å². The van der Waals surface area contributed by atoms with Crippen molar-refractivity contribution in [2.75, 3.05) is 46.9 Å². The van der Waals surface area contributed by atoms with Gasteiger partial charge in [-0.3, -0.25) is 4.90 Å². The summed E-state index contributed by atoms with van der Waals surface area (Å²) >= 11 is 0. The van der Waals surface area contributed by atoms with Crippen LogP contribution in [0, 0.1) is 0 Å². The predicted molar refractivity (Wildman–Crippen MR) is 75.0 cm³/mol. The molecule has 1 saturated heterocycles. The minimum Gasteiger partial charge on any atom is -0.381 e. The van der Waals surface area contributed by atoms with Gasteiger partial charge in [-0.1, -0.05) is 0 Å². The minimum atomic E-state index is 0.263. The van der Waals surface area contributed by atoms with Gasteiger partial charge in [-0.25, -0.2) is 0 Å². The highest BCUT2D eigenvalue weighted by Crippen LogP contribution is 2.24. The molecule has 0 unspecified atom stereocenters. The molecule has 2 fully saturated rings. The Morgan fingerprint density at radius 2 is 1.78 bits per heavy atom. The van der Waals surface area contributed by atoms with Crippen molar-refractivity contribution in [3.8, 4) is 0 Å². The van der Waals surface area contributed by atoms with E-state index in [4.69, 9.17) is 4.74 Å². The highest BCUT2D eigenvalue weighted by atomic mass is 16.5. The molecule has 0 aromatic carbocycles. The molecule has 2 aliphatic rings. The smallest absolute Gasteiger partial charge is 0.0601 e. The molecule has 1 N–H and O–H groups in total. The maximum Gasteiger partial charge on any atom is 0.0601 e. The molecule has 0 aromatic rings. The second kappa shape index (κ2) is 5.87. The topological polar surface area (TPSA) is 27.7 Å². The van der Waals surface area contributed by atoms with Crippen LogP contribution in [0.4, 0.5) is 0 Å². The quantitative estimate of drug-likeness (QED) is 0.786. The molecular weight excluding hydrogens is 226 g/mol. The highest BCUT2D eigenvalue weighted by Gasteiger charge is 2.33. The first-order chi connectivity index (χ1) is 8.51. The van der Waals surface area contributed by atoms with Crippen molar-refractivity contribution in [3.63, 3.8) is 0 Å². The summed E-state index contributed by atoms with van der Waals surface area (Å²) in [6.07, 6.45) is 2.85. The Balaban J connectivity index is 1.70. The molecular formula is C14H29N3O. The fourth-order valence-electron chi connectivity index (χ4n) is 2.84. The van der Waals surface area contributed by atoms with Crippen molar-refractivity contribution < 1.29 is 4.74 Å². The van der Waals surface area contributed by atoms with Gasteiger partial charge >= 0.3 is 0 Å². The van der Waals surface area contributed by atoms with E-state index >= 15 is 0 Å². The van der Waals surface area contributed by atoms with Crippen LogP contribution in [0.1, 0.15) is 26.7 Å². The number of likely N-dealkylation sites (N-methyl/N-ethyl adjacent to an activating group) is 1. The van der Waals surface area contributed by atoms with Crippen LogP contribution in [-0.4, -0.2) is 74.4 Å². The van der Waals surface area contributed by atoms with Gasteiger partial charge in [-0.2, -0.15) is 0 Å². The summed E-state index contributed by atoms with van der Waals surface area (Å²) < 4.78 is 5.32. The lowest BCUT2D eigenvalue weighted by atomic mass is 9.88. The SMILES string of the molecule is COC1CC(NCC(C)(C)N2CCN(C)CC2)C1. The van der Waals surface area contributed by atoms with E-state index in [0.29, 0.717) is 12.1 Å². The minimum absolute atomic E-state index is 0.263. The summed E-state index contributed by atoms with van der Waals surface area (Å²) in [7, 11) is 4.02. The van der Waals surface area contributed by atoms with Crippen molar-refractivity contribution in [3.05, 3.63) is 0 Å². The average molecular weight is 255 g/mol. The Hall–Kier alpha value is -0.160. The molecule has 0 spiro atoms. The zero-order chi connectivity index (χ0) is 13.2. The van der Waals surface area contributed by atoms with Crippen LogP contribution < -0.4 is 5.32 Å². The van der Waals surface area contributed by atoms with Crippen LogP contribution in [0.2, 0.25) is 0 Å². The van der Waals surface area contributed by atoms with E-state index in [2.05, 4.69) is 36.0 Å².